The van der Waals surface area contributed by atoms with Crippen molar-refractivity contribution < 1.29 is 18.7 Å². The van der Waals surface area contributed by atoms with Crippen molar-refractivity contribution in [1.29, 1.82) is 0 Å². The number of nitrogens with one attached hydrogen (secondary N) is 1. The lowest BCUT2D eigenvalue weighted by atomic mass is 10.2. The Balaban J connectivity index is 2.40. The highest BCUT2D eigenvalue weighted by Crippen LogP contribution is 2.07. The van der Waals surface area contributed by atoms with Crippen molar-refractivity contribution in [2.24, 2.45) is 0 Å². The molecule has 2 amide bonds. The number of nitrogens with zero attached hydrogens (tertiary/aromatic N) is 1. The lowest BCUT2D eigenvalue weighted by Gasteiger charge is -2.21. The van der Waals surface area contributed by atoms with Crippen molar-refractivity contribution in [3.63, 3.8) is 0 Å². The molecule has 5 nitrogen and oxygen atoms in total. The summed E-state index contributed by atoms with van der Waals surface area (Å²) in [7, 11) is 0. The third-order valence-corrected chi connectivity index (χ3v) is 2.43. The van der Waals surface area contributed by atoms with Gasteiger partial charge in [0.2, 0.25) is 0 Å². The van der Waals surface area contributed by atoms with Crippen LogP contribution in [0.2, 0.25) is 0 Å². The molecule has 1 rings (SSSR count). The fraction of sp³-hybridized carbons (Fsp3) is 0.467. The predicted octanol–water partition coefficient (Wildman–Crippen LogP) is 2.37. The minimum absolute atomic E-state index is 0.138. The van der Waals surface area contributed by atoms with E-state index >= 15 is 0 Å². The molecule has 6 heteroatoms. The van der Waals surface area contributed by atoms with E-state index in [4.69, 9.17) is 4.74 Å². The Bertz CT molecular complexity index is 495. The number of carbonyl (C=O) groups excluding carboxylic acids is 2. The molecule has 1 aromatic rings. The third-order valence-electron chi connectivity index (χ3n) is 2.43. The molecule has 0 saturated carbocycles. The number of halogens is 1. The molecule has 0 aromatic heterocycles. The van der Waals surface area contributed by atoms with Gasteiger partial charge in [0, 0.05) is 0 Å². The molecule has 115 valence electrons. The predicted molar refractivity (Wildman–Crippen MR) is 76.1 cm³/mol. The third kappa shape index (κ3) is 6.74. The summed E-state index contributed by atoms with van der Waals surface area (Å²) in [6.07, 6.45) is -0.666. The van der Waals surface area contributed by atoms with Gasteiger partial charge in [0.05, 0.1) is 6.54 Å². The second kappa shape index (κ2) is 7.06. The van der Waals surface area contributed by atoms with Crippen LogP contribution in [0, 0.1) is 5.82 Å². The molecule has 1 atom stereocenters. The van der Waals surface area contributed by atoms with Gasteiger partial charge in [0.25, 0.3) is 5.91 Å². The molecule has 0 aliphatic carbocycles. The topological polar surface area (TPSA) is 69.5 Å². The minimum Gasteiger partial charge on any atom is -0.444 e. The SMILES string of the molecule is C[C@H](NC(=O)OC(C)(C)C)C(=O)[N]Cc1ccc(F)cc1. The van der Waals surface area contributed by atoms with E-state index < -0.39 is 23.6 Å². The number of ether oxygens (including phenoxy) is 1. The number of carbonyl (C=O) groups is 2. The van der Waals surface area contributed by atoms with E-state index in [1.165, 1.54) is 19.1 Å². The van der Waals surface area contributed by atoms with Crippen LogP contribution in [0.5, 0.6) is 0 Å². The molecule has 0 aliphatic rings. The highest BCUT2D eigenvalue weighted by Gasteiger charge is 2.21. The van der Waals surface area contributed by atoms with Crippen LogP contribution in [0.25, 0.3) is 0 Å². The summed E-state index contributed by atoms with van der Waals surface area (Å²) in [5, 5.41) is 6.26. The van der Waals surface area contributed by atoms with Gasteiger partial charge in [-0.15, -0.1) is 0 Å². The first-order valence-corrected chi connectivity index (χ1v) is 6.62. The van der Waals surface area contributed by atoms with Gasteiger partial charge in [-0.25, -0.2) is 14.5 Å². The van der Waals surface area contributed by atoms with Crippen molar-refractivity contribution in [2.45, 2.75) is 45.9 Å². The summed E-state index contributed by atoms with van der Waals surface area (Å²) in [6, 6.07) is 4.94. The van der Waals surface area contributed by atoms with Crippen molar-refractivity contribution >= 4 is 12.0 Å². The molecule has 0 saturated heterocycles. The molecule has 0 bridgehead atoms. The number of rotatable bonds is 4. The van der Waals surface area contributed by atoms with E-state index in [0.29, 0.717) is 5.56 Å². The van der Waals surface area contributed by atoms with Crippen LogP contribution in [-0.2, 0) is 16.1 Å². The Hall–Kier alpha value is -2.11. The van der Waals surface area contributed by atoms with Gasteiger partial charge < -0.3 is 10.1 Å². The molecule has 0 fully saturated rings. The van der Waals surface area contributed by atoms with Gasteiger partial charge in [-0.1, -0.05) is 12.1 Å². The van der Waals surface area contributed by atoms with Crippen molar-refractivity contribution in [1.82, 2.24) is 10.6 Å². The maximum absolute atomic E-state index is 12.7. The van der Waals surface area contributed by atoms with E-state index in [1.807, 2.05) is 0 Å². The number of hydrogen-bond donors (Lipinski definition) is 1. The number of alkyl carbamates (subject to hydrolysis) is 1. The van der Waals surface area contributed by atoms with Crippen molar-refractivity contribution in [2.75, 3.05) is 0 Å². The molecule has 0 aliphatic heterocycles. The highest BCUT2D eigenvalue weighted by molar-refractivity contribution is 5.85. The molecular weight excluding hydrogens is 275 g/mol. The molecule has 1 aromatic carbocycles. The second-order valence-electron chi connectivity index (χ2n) is 5.65. The minimum atomic E-state index is -0.778. The first-order chi connectivity index (χ1) is 9.67. The van der Waals surface area contributed by atoms with Crippen LogP contribution >= 0.6 is 0 Å². The maximum atomic E-state index is 12.7. The zero-order valence-electron chi connectivity index (χ0n) is 12.6. The fourth-order valence-corrected chi connectivity index (χ4v) is 1.44. The zero-order chi connectivity index (χ0) is 16.0. The van der Waals surface area contributed by atoms with Gasteiger partial charge in [-0.3, -0.25) is 4.79 Å². The van der Waals surface area contributed by atoms with Crippen LogP contribution in [0.15, 0.2) is 24.3 Å². The first-order valence-electron chi connectivity index (χ1n) is 6.62. The Labute approximate surface area is 123 Å². The van der Waals surface area contributed by atoms with Crippen LogP contribution < -0.4 is 10.6 Å². The van der Waals surface area contributed by atoms with Crippen LogP contribution in [-0.4, -0.2) is 23.6 Å². The number of benzene rings is 1. The van der Waals surface area contributed by atoms with Gasteiger partial charge in [0.15, 0.2) is 0 Å². The van der Waals surface area contributed by atoms with E-state index in [0.717, 1.165) is 0 Å². The Kier molecular flexibility index (Phi) is 5.69. The Morgan fingerprint density at radius 1 is 1.29 bits per heavy atom. The largest absolute Gasteiger partial charge is 0.444 e. The summed E-state index contributed by atoms with van der Waals surface area (Å²) >= 11 is 0. The second-order valence-corrected chi connectivity index (χ2v) is 5.65. The van der Waals surface area contributed by atoms with Gasteiger partial charge in [-0.2, -0.15) is 0 Å². The van der Waals surface area contributed by atoms with Gasteiger partial charge in [-0.05, 0) is 45.4 Å². The maximum Gasteiger partial charge on any atom is 0.408 e. The smallest absolute Gasteiger partial charge is 0.408 e. The van der Waals surface area contributed by atoms with E-state index in [2.05, 4.69) is 10.6 Å². The lowest BCUT2D eigenvalue weighted by Crippen LogP contribution is -2.44. The summed E-state index contributed by atoms with van der Waals surface area (Å²) in [4.78, 5) is 23.3. The van der Waals surface area contributed by atoms with Crippen molar-refractivity contribution in [3.8, 4) is 0 Å². The standard InChI is InChI=1S/C15H20FN2O3/c1-10(18-14(20)21-15(2,3)4)13(19)17-9-11-5-7-12(16)8-6-11/h5-8,10H,9H2,1-4H3,(H,18,20)/t10-/m0/s1. The van der Waals surface area contributed by atoms with Gasteiger partial charge in [0.1, 0.15) is 17.5 Å². The Morgan fingerprint density at radius 3 is 2.38 bits per heavy atom. The van der Waals surface area contributed by atoms with E-state index in [-0.39, 0.29) is 12.4 Å². The Morgan fingerprint density at radius 2 is 1.86 bits per heavy atom. The molecule has 1 N–H and O–H groups in total. The van der Waals surface area contributed by atoms with Crippen molar-refractivity contribution in [3.05, 3.63) is 35.6 Å². The zero-order valence-corrected chi connectivity index (χ0v) is 12.6. The molecule has 0 spiro atoms. The monoisotopic (exact) mass is 295 g/mol. The molecular formula is C15H20FN2O3. The summed E-state index contributed by atoms with van der Waals surface area (Å²) in [6.45, 7) is 6.87. The highest BCUT2D eigenvalue weighted by atomic mass is 19.1. The summed E-state index contributed by atoms with van der Waals surface area (Å²) < 4.78 is 17.8. The summed E-state index contributed by atoms with van der Waals surface area (Å²) in [5.41, 5.74) is 0.0900. The van der Waals surface area contributed by atoms with Crippen LogP contribution in [0.1, 0.15) is 33.3 Å². The first kappa shape index (κ1) is 16.9. The van der Waals surface area contributed by atoms with E-state index in [1.54, 1.807) is 32.9 Å². The van der Waals surface area contributed by atoms with Crippen LogP contribution in [0.4, 0.5) is 9.18 Å². The average molecular weight is 295 g/mol. The van der Waals surface area contributed by atoms with Crippen LogP contribution in [0.3, 0.4) is 0 Å². The molecule has 0 heterocycles. The number of amides is 2. The number of hydrogen-bond acceptors (Lipinski definition) is 3. The summed E-state index contributed by atoms with van der Waals surface area (Å²) in [5.74, 6) is -0.810. The molecule has 1 radical (unpaired) electrons. The lowest BCUT2D eigenvalue weighted by molar-refractivity contribution is -0.123. The molecule has 0 unspecified atom stereocenters. The van der Waals surface area contributed by atoms with Gasteiger partial charge >= 0.3 is 6.09 Å². The average Bonchev–Trinajstić information content (AvgIpc) is 2.35. The fourth-order valence-electron chi connectivity index (χ4n) is 1.44. The quantitative estimate of drug-likeness (QED) is 0.927. The molecule has 21 heavy (non-hydrogen) atoms. The normalized spacial score (nSPS) is 12.4. The van der Waals surface area contributed by atoms with E-state index in [9.17, 15) is 14.0 Å².